The SMILES string of the molecule is CC(C)=CCC/C(C)=C/CC[C@@]1(C)Oc2c(c(O)cc3c2CN([C@@H](CCCN2Cc4c(cc(OS(=O)(=O)N5CCOCC5)c5c4O[C@](C)(CC/C=C(\C)CCC=C(C)C)[C@@H](O)C5)C2=O)C(=O)O)C3=O)C[C@@H]1O. The molecule has 17 heteroatoms. The second kappa shape index (κ2) is 22.5. The Bertz CT molecular complexity index is 2640. The fourth-order valence-electron chi connectivity index (χ4n) is 10.4. The number of aliphatic hydroxyl groups is 2. The number of aliphatic hydroxyl groups excluding tert-OH is 2. The molecule has 394 valence electrons. The molecule has 1 fully saturated rings. The van der Waals surface area contributed by atoms with Crippen LogP contribution in [0.15, 0.2) is 58.7 Å². The molecule has 0 aromatic heterocycles. The number of amides is 2. The first-order chi connectivity index (χ1) is 34.0. The molecule has 2 aromatic carbocycles. The number of ether oxygens (including phenoxy) is 3. The third-order valence-corrected chi connectivity index (χ3v) is 16.4. The number of benzene rings is 2. The first-order valence-electron chi connectivity index (χ1n) is 25.5. The van der Waals surface area contributed by atoms with Crippen LogP contribution in [0.1, 0.15) is 163 Å². The number of phenols is 1. The van der Waals surface area contributed by atoms with Gasteiger partial charge in [-0.15, -0.1) is 0 Å². The topological polar surface area (TPSA) is 213 Å². The van der Waals surface area contributed by atoms with Crippen LogP contribution in [0, 0.1) is 0 Å². The lowest BCUT2D eigenvalue weighted by Crippen LogP contribution is -2.49. The quantitative estimate of drug-likeness (QED) is 0.0869. The molecule has 5 aliphatic heterocycles. The van der Waals surface area contributed by atoms with Gasteiger partial charge in [-0.25, -0.2) is 4.79 Å². The Hall–Kier alpha value is -5.20. The van der Waals surface area contributed by atoms with E-state index in [0.29, 0.717) is 53.7 Å². The monoisotopic (exact) mass is 1020 g/mol. The fraction of sp³-hybridized carbons (Fsp3) is 0.582. The maximum absolute atomic E-state index is 14.3. The molecule has 0 radical (unpaired) electrons. The number of carboxylic acids is 1. The van der Waals surface area contributed by atoms with Crippen LogP contribution in [-0.2, 0) is 45.8 Å². The second-order valence-corrected chi connectivity index (χ2v) is 22.8. The number of nitrogens with zero attached hydrogens (tertiary/aromatic N) is 3. The van der Waals surface area contributed by atoms with Crippen LogP contribution in [0.2, 0.25) is 0 Å². The first-order valence-corrected chi connectivity index (χ1v) is 26.9. The van der Waals surface area contributed by atoms with Crippen molar-refractivity contribution in [3.8, 4) is 23.0 Å². The number of hydrogen-bond donors (Lipinski definition) is 4. The summed E-state index contributed by atoms with van der Waals surface area (Å²) in [6.07, 6.45) is 12.8. The smallest absolute Gasteiger partial charge is 0.385 e. The van der Waals surface area contributed by atoms with Gasteiger partial charge in [0.05, 0.1) is 49.6 Å². The van der Waals surface area contributed by atoms with E-state index in [1.54, 1.807) is 4.90 Å². The second-order valence-electron chi connectivity index (χ2n) is 21.2. The lowest BCUT2D eigenvalue weighted by molar-refractivity contribution is -0.142. The molecule has 0 unspecified atom stereocenters. The molecule has 5 aliphatic rings. The number of phenolic OH excluding ortho intramolecular Hbond substituents is 1. The summed E-state index contributed by atoms with van der Waals surface area (Å²) >= 11 is 0. The van der Waals surface area contributed by atoms with E-state index < -0.39 is 57.5 Å². The molecule has 72 heavy (non-hydrogen) atoms. The average Bonchev–Trinajstić information content (AvgIpc) is 3.80. The number of morpholine rings is 1. The molecular formula is C55H75N3O13S. The van der Waals surface area contributed by atoms with Crippen molar-refractivity contribution in [1.82, 2.24) is 14.1 Å². The standard InChI is InChI=1S/C55H75N3O13S/c1-34(2)14-9-16-36(5)18-11-21-54(7)47(60)30-40-45(59)28-38-43(49(40)69-54)33-58(52(38)63)44(53(64)65)20-13-23-56-32-42-39(51(56)62)29-46(71-72(66,67)57-24-26-68-27-25-57)41-31-48(61)55(8,70-50(41)42)22-12-19-37(6)17-10-15-35(3)4/h14-15,18-19,28-29,44,47-48,59-61H,9-13,16-17,20-27,30-33H2,1-8H3,(H,64,65)/b36-18+,37-19+/t44-,47-,48-,54+,55+/m0/s1. The highest BCUT2D eigenvalue weighted by Gasteiger charge is 2.48. The van der Waals surface area contributed by atoms with Gasteiger partial charge in [-0.05, 0) is 132 Å². The lowest BCUT2D eigenvalue weighted by Gasteiger charge is -2.41. The van der Waals surface area contributed by atoms with Gasteiger partial charge in [0.2, 0.25) is 0 Å². The summed E-state index contributed by atoms with van der Waals surface area (Å²) in [7, 11) is -4.34. The molecule has 0 bridgehead atoms. The van der Waals surface area contributed by atoms with Crippen molar-refractivity contribution < 1.29 is 61.6 Å². The normalized spacial score (nSPS) is 23.6. The third kappa shape index (κ3) is 12.1. The summed E-state index contributed by atoms with van der Waals surface area (Å²) in [4.78, 5) is 44.2. The molecule has 0 aliphatic carbocycles. The summed E-state index contributed by atoms with van der Waals surface area (Å²) in [6.45, 7) is 16.7. The minimum Gasteiger partial charge on any atom is -0.508 e. The van der Waals surface area contributed by atoms with Crippen molar-refractivity contribution in [2.24, 2.45) is 0 Å². The van der Waals surface area contributed by atoms with E-state index in [4.69, 9.17) is 18.4 Å². The van der Waals surface area contributed by atoms with Crippen molar-refractivity contribution >= 4 is 28.1 Å². The van der Waals surface area contributed by atoms with E-state index >= 15 is 0 Å². The Morgan fingerprint density at radius 1 is 0.764 bits per heavy atom. The summed E-state index contributed by atoms with van der Waals surface area (Å²) in [5.74, 6) is -1.98. The highest BCUT2D eigenvalue weighted by Crippen LogP contribution is 2.49. The molecule has 4 N–H and O–H groups in total. The molecule has 5 atom stereocenters. The number of fused-ring (bicyclic) bond motifs is 6. The van der Waals surface area contributed by atoms with E-state index in [-0.39, 0.29) is 100.0 Å². The van der Waals surface area contributed by atoms with Gasteiger partial charge in [-0.2, -0.15) is 12.7 Å². The van der Waals surface area contributed by atoms with Crippen LogP contribution in [0.4, 0.5) is 0 Å². The van der Waals surface area contributed by atoms with Crippen molar-refractivity contribution in [3.63, 3.8) is 0 Å². The fourth-order valence-corrected chi connectivity index (χ4v) is 11.5. The molecule has 2 aromatic rings. The minimum atomic E-state index is -4.34. The molecule has 7 rings (SSSR count). The van der Waals surface area contributed by atoms with Gasteiger partial charge in [0.15, 0.2) is 5.75 Å². The van der Waals surface area contributed by atoms with Crippen LogP contribution < -0.4 is 13.7 Å². The Kier molecular flexibility index (Phi) is 17.1. The maximum Gasteiger partial charge on any atom is 0.385 e. The molecular weight excluding hydrogens is 943 g/mol. The van der Waals surface area contributed by atoms with E-state index in [2.05, 4.69) is 65.8 Å². The van der Waals surface area contributed by atoms with Crippen LogP contribution in [-0.4, -0.2) is 123 Å². The number of rotatable bonds is 21. The summed E-state index contributed by atoms with van der Waals surface area (Å²) in [5, 5.41) is 44.7. The molecule has 2 amide bonds. The molecule has 0 saturated carbocycles. The van der Waals surface area contributed by atoms with Gasteiger partial charge in [0.1, 0.15) is 34.5 Å². The number of hydrogen-bond acceptors (Lipinski definition) is 12. The molecule has 0 spiro atoms. The van der Waals surface area contributed by atoms with Gasteiger partial charge in [-0.3, -0.25) is 9.59 Å². The summed E-state index contributed by atoms with van der Waals surface area (Å²) in [5.41, 5.74) is 4.82. The number of carboxylic acid groups (broad SMARTS) is 1. The van der Waals surface area contributed by atoms with Crippen molar-refractivity contribution in [2.45, 2.75) is 175 Å². The zero-order valence-corrected chi connectivity index (χ0v) is 44.2. The maximum atomic E-state index is 14.3. The van der Waals surface area contributed by atoms with E-state index in [9.17, 15) is 43.2 Å². The zero-order chi connectivity index (χ0) is 52.3. The van der Waals surface area contributed by atoms with Crippen LogP contribution in [0.5, 0.6) is 23.0 Å². The van der Waals surface area contributed by atoms with E-state index in [0.717, 1.165) is 25.7 Å². The highest BCUT2D eigenvalue weighted by atomic mass is 32.2. The summed E-state index contributed by atoms with van der Waals surface area (Å²) in [6, 6.07) is 1.43. The molecule has 5 heterocycles. The lowest BCUT2D eigenvalue weighted by atomic mass is 9.84. The van der Waals surface area contributed by atoms with Crippen molar-refractivity contribution in [2.75, 3.05) is 32.8 Å². The Balaban J connectivity index is 1.07. The average molecular weight is 1020 g/mol. The number of carbonyl (C=O) groups excluding carboxylic acids is 2. The molecule has 16 nitrogen and oxygen atoms in total. The molecule has 1 saturated heterocycles. The predicted molar refractivity (Wildman–Crippen MR) is 273 cm³/mol. The number of allylic oxidation sites excluding steroid dienone is 8. The zero-order valence-electron chi connectivity index (χ0n) is 43.3. The number of aliphatic carboxylic acids is 1. The van der Waals surface area contributed by atoms with Crippen molar-refractivity contribution in [3.05, 3.63) is 92.1 Å². The van der Waals surface area contributed by atoms with E-state index in [1.807, 2.05) is 13.8 Å². The summed E-state index contributed by atoms with van der Waals surface area (Å²) < 4.78 is 52.9. The number of aromatic hydroxyl groups is 1. The van der Waals surface area contributed by atoms with Crippen LogP contribution in [0.25, 0.3) is 0 Å². The van der Waals surface area contributed by atoms with E-state index in [1.165, 1.54) is 43.6 Å². The van der Waals surface area contributed by atoms with Gasteiger partial charge < -0.3 is 48.6 Å². The minimum absolute atomic E-state index is 0.0110. The predicted octanol–water partition coefficient (Wildman–Crippen LogP) is 8.25. The Morgan fingerprint density at radius 3 is 1.85 bits per heavy atom. The van der Waals surface area contributed by atoms with Gasteiger partial charge in [0, 0.05) is 54.7 Å². The van der Waals surface area contributed by atoms with Gasteiger partial charge in [0.25, 0.3) is 11.8 Å². The first kappa shape index (κ1) is 54.6. The Labute approximate surface area is 425 Å². The van der Waals surface area contributed by atoms with Gasteiger partial charge >= 0.3 is 16.3 Å². The Morgan fingerprint density at radius 2 is 1.29 bits per heavy atom. The number of carbonyl (C=O) groups is 3. The highest BCUT2D eigenvalue weighted by molar-refractivity contribution is 7.84. The van der Waals surface area contributed by atoms with Crippen LogP contribution >= 0.6 is 0 Å². The van der Waals surface area contributed by atoms with Crippen LogP contribution in [0.3, 0.4) is 0 Å². The van der Waals surface area contributed by atoms with Crippen molar-refractivity contribution in [1.29, 1.82) is 0 Å². The van der Waals surface area contributed by atoms with Gasteiger partial charge in [-0.1, -0.05) is 46.6 Å². The largest absolute Gasteiger partial charge is 0.508 e. The third-order valence-electron chi connectivity index (χ3n) is 15.0.